The van der Waals surface area contributed by atoms with Crippen molar-refractivity contribution in [3.8, 4) is 5.75 Å². The van der Waals surface area contributed by atoms with Gasteiger partial charge in [-0.15, -0.1) is 0 Å². The normalized spacial score (nSPS) is 19.9. The lowest BCUT2D eigenvalue weighted by Crippen LogP contribution is -2.50. The summed E-state index contributed by atoms with van der Waals surface area (Å²) in [4.78, 5) is 16.7. The van der Waals surface area contributed by atoms with E-state index in [9.17, 15) is 4.79 Å². The zero-order valence-corrected chi connectivity index (χ0v) is 15.5. The molecule has 6 heteroatoms. The van der Waals surface area contributed by atoms with Gasteiger partial charge in [-0.25, -0.2) is 0 Å². The minimum Gasteiger partial charge on any atom is -0.492 e. The van der Waals surface area contributed by atoms with E-state index in [1.165, 1.54) is 12.8 Å². The Balaban J connectivity index is 1.29. The van der Waals surface area contributed by atoms with Gasteiger partial charge in [0.15, 0.2) is 0 Å². The van der Waals surface area contributed by atoms with Crippen LogP contribution in [0.3, 0.4) is 0 Å². The van der Waals surface area contributed by atoms with Gasteiger partial charge in [0.05, 0.1) is 6.54 Å². The average Bonchev–Trinajstić information content (AvgIpc) is 3.11. The van der Waals surface area contributed by atoms with Crippen molar-refractivity contribution < 1.29 is 9.53 Å². The van der Waals surface area contributed by atoms with Crippen molar-refractivity contribution >= 4 is 17.5 Å². The van der Waals surface area contributed by atoms with Gasteiger partial charge in [0.25, 0.3) is 0 Å². The number of piperazine rings is 1. The molecule has 0 bridgehead atoms. The van der Waals surface area contributed by atoms with Gasteiger partial charge in [0, 0.05) is 43.8 Å². The van der Waals surface area contributed by atoms with Crippen LogP contribution in [0, 0.1) is 0 Å². The van der Waals surface area contributed by atoms with Gasteiger partial charge in [0.1, 0.15) is 12.4 Å². The van der Waals surface area contributed by atoms with E-state index in [4.69, 9.17) is 16.3 Å². The van der Waals surface area contributed by atoms with Crippen LogP contribution in [0.2, 0.25) is 5.02 Å². The minimum atomic E-state index is 0.187. The number of nitrogens with zero attached hydrogens (tertiary/aromatic N) is 2. The summed E-state index contributed by atoms with van der Waals surface area (Å²) in [6.45, 7) is 5.97. The van der Waals surface area contributed by atoms with Crippen LogP contribution in [-0.4, -0.2) is 67.6 Å². The molecular weight excluding hydrogens is 338 g/mol. The number of ether oxygens (including phenoxy) is 1. The number of amides is 1. The molecule has 5 nitrogen and oxygen atoms in total. The van der Waals surface area contributed by atoms with E-state index in [-0.39, 0.29) is 5.91 Å². The molecule has 1 aliphatic carbocycles. The monoisotopic (exact) mass is 365 g/mol. The van der Waals surface area contributed by atoms with Crippen molar-refractivity contribution in [3.63, 3.8) is 0 Å². The van der Waals surface area contributed by atoms with Crippen LogP contribution >= 0.6 is 11.6 Å². The second kappa shape index (κ2) is 9.41. The molecule has 1 amide bonds. The Morgan fingerprint density at radius 1 is 1.08 bits per heavy atom. The highest BCUT2D eigenvalue weighted by Crippen LogP contribution is 2.17. The molecule has 1 saturated heterocycles. The van der Waals surface area contributed by atoms with Gasteiger partial charge in [-0.1, -0.05) is 24.4 Å². The standard InChI is InChI=1S/C19H28ClN3O2/c20-16-5-7-18(8-6-16)25-14-13-22-9-11-23(12-10-22)15-19(24)21-17-3-1-2-4-17/h5-8,17H,1-4,9-15H2,(H,21,24). The molecule has 0 spiro atoms. The lowest BCUT2D eigenvalue weighted by atomic mass is 10.2. The fraction of sp³-hybridized carbons (Fsp3) is 0.632. The summed E-state index contributed by atoms with van der Waals surface area (Å²) in [7, 11) is 0. The SMILES string of the molecule is O=C(CN1CCN(CCOc2ccc(Cl)cc2)CC1)NC1CCCC1. The number of benzene rings is 1. The maximum Gasteiger partial charge on any atom is 0.234 e. The van der Waals surface area contributed by atoms with Crippen molar-refractivity contribution in [1.82, 2.24) is 15.1 Å². The average molecular weight is 366 g/mol. The van der Waals surface area contributed by atoms with Gasteiger partial charge in [-0.05, 0) is 37.1 Å². The van der Waals surface area contributed by atoms with E-state index < -0.39 is 0 Å². The van der Waals surface area contributed by atoms with E-state index in [0.29, 0.717) is 19.2 Å². The molecule has 0 unspecified atom stereocenters. The van der Waals surface area contributed by atoms with Crippen LogP contribution in [0.15, 0.2) is 24.3 Å². The number of halogens is 1. The van der Waals surface area contributed by atoms with Crippen molar-refractivity contribution in [2.45, 2.75) is 31.7 Å². The Kier molecular flexibility index (Phi) is 6.96. The highest BCUT2D eigenvalue weighted by molar-refractivity contribution is 6.30. The molecule has 138 valence electrons. The molecule has 3 rings (SSSR count). The van der Waals surface area contributed by atoms with Crippen LogP contribution < -0.4 is 10.1 Å². The summed E-state index contributed by atoms with van der Waals surface area (Å²) in [6, 6.07) is 7.88. The number of carbonyl (C=O) groups is 1. The topological polar surface area (TPSA) is 44.8 Å². The van der Waals surface area contributed by atoms with Crippen LogP contribution in [-0.2, 0) is 4.79 Å². The molecule has 25 heavy (non-hydrogen) atoms. The lowest BCUT2D eigenvalue weighted by molar-refractivity contribution is -0.123. The van der Waals surface area contributed by atoms with Crippen molar-refractivity contribution in [1.29, 1.82) is 0 Å². The van der Waals surface area contributed by atoms with E-state index >= 15 is 0 Å². The highest BCUT2D eigenvalue weighted by Gasteiger charge is 2.21. The van der Waals surface area contributed by atoms with E-state index in [1.807, 2.05) is 24.3 Å². The second-order valence-electron chi connectivity index (χ2n) is 6.97. The Morgan fingerprint density at radius 2 is 1.72 bits per heavy atom. The van der Waals surface area contributed by atoms with Gasteiger partial charge in [0.2, 0.25) is 5.91 Å². The Hall–Kier alpha value is -1.30. The zero-order chi connectivity index (χ0) is 17.5. The summed E-state index contributed by atoms with van der Waals surface area (Å²) < 4.78 is 5.75. The summed E-state index contributed by atoms with van der Waals surface area (Å²) in [6.07, 6.45) is 4.80. The Morgan fingerprint density at radius 3 is 2.40 bits per heavy atom. The molecule has 1 aromatic rings. The molecular formula is C19H28ClN3O2. The first-order valence-corrected chi connectivity index (χ1v) is 9.69. The number of nitrogens with one attached hydrogen (secondary N) is 1. The van der Waals surface area contributed by atoms with Crippen LogP contribution in [0.5, 0.6) is 5.75 Å². The van der Waals surface area contributed by atoms with Crippen molar-refractivity contribution in [2.75, 3.05) is 45.9 Å². The van der Waals surface area contributed by atoms with E-state index in [1.54, 1.807) is 0 Å². The molecule has 1 saturated carbocycles. The van der Waals surface area contributed by atoms with Crippen LogP contribution in [0.25, 0.3) is 0 Å². The van der Waals surface area contributed by atoms with Gasteiger partial charge in [-0.2, -0.15) is 0 Å². The first-order chi connectivity index (χ1) is 12.2. The maximum absolute atomic E-state index is 12.1. The third-order valence-corrected chi connectivity index (χ3v) is 5.29. The highest BCUT2D eigenvalue weighted by atomic mass is 35.5. The molecule has 0 atom stereocenters. The molecule has 0 aromatic heterocycles. The second-order valence-corrected chi connectivity index (χ2v) is 7.41. The molecule has 1 aliphatic heterocycles. The van der Waals surface area contributed by atoms with Crippen molar-refractivity contribution in [2.24, 2.45) is 0 Å². The largest absolute Gasteiger partial charge is 0.492 e. The first-order valence-electron chi connectivity index (χ1n) is 9.31. The number of hydrogen-bond acceptors (Lipinski definition) is 4. The molecule has 0 radical (unpaired) electrons. The van der Waals surface area contributed by atoms with Gasteiger partial charge in [-0.3, -0.25) is 14.6 Å². The summed E-state index contributed by atoms with van der Waals surface area (Å²) in [5, 5.41) is 3.89. The van der Waals surface area contributed by atoms with Crippen LogP contribution in [0.1, 0.15) is 25.7 Å². The quantitative estimate of drug-likeness (QED) is 0.805. The van der Waals surface area contributed by atoms with E-state index in [0.717, 1.165) is 56.3 Å². The van der Waals surface area contributed by atoms with Crippen molar-refractivity contribution in [3.05, 3.63) is 29.3 Å². The van der Waals surface area contributed by atoms with Crippen LogP contribution in [0.4, 0.5) is 0 Å². The maximum atomic E-state index is 12.1. The summed E-state index contributed by atoms with van der Waals surface area (Å²) in [5.74, 6) is 1.04. The summed E-state index contributed by atoms with van der Waals surface area (Å²) in [5.41, 5.74) is 0. The Labute approximate surface area is 155 Å². The smallest absolute Gasteiger partial charge is 0.234 e. The predicted octanol–water partition coefficient (Wildman–Crippen LogP) is 2.40. The molecule has 1 N–H and O–H groups in total. The summed E-state index contributed by atoms with van der Waals surface area (Å²) >= 11 is 5.87. The molecule has 2 aliphatic rings. The molecule has 2 fully saturated rings. The fourth-order valence-electron chi connectivity index (χ4n) is 3.54. The number of carbonyl (C=O) groups excluding carboxylic acids is 1. The molecule has 1 aromatic carbocycles. The number of rotatable bonds is 7. The molecule has 1 heterocycles. The first kappa shape index (κ1) is 18.5. The minimum absolute atomic E-state index is 0.187. The third kappa shape index (κ3) is 6.17. The van der Waals surface area contributed by atoms with Gasteiger partial charge < -0.3 is 10.1 Å². The number of hydrogen-bond donors (Lipinski definition) is 1. The van der Waals surface area contributed by atoms with Gasteiger partial charge >= 0.3 is 0 Å². The fourth-order valence-corrected chi connectivity index (χ4v) is 3.67. The van der Waals surface area contributed by atoms with E-state index in [2.05, 4.69) is 15.1 Å². The third-order valence-electron chi connectivity index (χ3n) is 5.04. The lowest BCUT2D eigenvalue weighted by Gasteiger charge is -2.34. The Bertz CT molecular complexity index is 538. The predicted molar refractivity (Wildman–Crippen MR) is 100 cm³/mol. The zero-order valence-electron chi connectivity index (χ0n) is 14.8.